The van der Waals surface area contributed by atoms with Gasteiger partial charge in [0.15, 0.2) is 33.6 Å². The van der Waals surface area contributed by atoms with Crippen molar-refractivity contribution in [3.05, 3.63) is 57.5 Å². The highest BCUT2D eigenvalue weighted by Gasteiger charge is 2.19. The van der Waals surface area contributed by atoms with Crippen LogP contribution in [0.15, 0.2) is 41.3 Å². The van der Waals surface area contributed by atoms with Gasteiger partial charge in [0, 0.05) is 11.5 Å². The van der Waals surface area contributed by atoms with Crippen LogP contribution in [-0.2, 0) is 6.54 Å². The molecule has 0 saturated carbocycles. The summed E-state index contributed by atoms with van der Waals surface area (Å²) in [6.45, 7) is 0.251. The number of H-pyrrole nitrogens is 1. The first-order valence-electron chi connectivity index (χ1n) is 9.28. The van der Waals surface area contributed by atoms with Crippen LogP contribution in [0.5, 0.6) is 23.0 Å². The Balaban J connectivity index is 1.61. The number of hydrogen-bond donors (Lipinski definition) is 1. The fourth-order valence-electron chi connectivity index (χ4n) is 3.56. The molecule has 0 amide bonds. The number of ether oxygens (including phenoxy) is 4. The Labute approximate surface area is 180 Å². The molecule has 2 aromatic carbocycles. The largest absolute Gasteiger partial charge is 0.493 e. The third kappa shape index (κ3) is 3.10. The average molecular weight is 439 g/mol. The predicted octanol–water partition coefficient (Wildman–Crippen LogP) is 2.43. The smallest absolute Gasteiger partial charge is 0.278 e. The van der Waals surface area contributed by atoms with Crippen LogP contribution in [0.25, 0.3) is 16.5 Å². The summed E-state index contributed by atoms with van der Waals surface area (Å²) in [7, 11) is 3.01. The number of methoxy groups -OCH3 is 2. The number of fused-ring (bicyclic) bond motifs is 2. The molecule has 0 unspecified atom stereocenters. The van der Waals surface area contributed by atoms with E-state index in [1.54, 1.807) is 29.0 Å². The number of hydrogen-bond acceptors (Lipinski definition) is 8. The Morgan fingerprint density at radius 3 is 2.81 bits per heavy atom. The number of benzene rings is 2. The van der Waals surface area contributed by atoms with Crippen molar-refractivity contribution in [3.63, 3.8) is 0 Å². The van der Waals surface area contributed by atoms with E-state index in [9.17, 15) is 4.79 Å². The van der Waals surface area contributed by atoms with Crippen LogP contribution in [0.4, 0.5) is 0 Å². The SMILES string of the molecule is COc1ccc2cnn(Cc3n[nH]c(=S)n3-c3ccc4c(c3)OCO4)c(=O)c2c1OC. The summed E-state index contributed by atoms with van der Waals surface area (Å²) in [5, 5.41) is 12.4. The molecular weight excluding hydrogens is 422 g/mol. The second-order valence-corrected chi connectivity index (χ2v) is 7.08. The lowest BCUT2D eigenvalue weighted by molar-refractivity contribution is 0.174. The second kappa shape index (κ2) is 7.43. The van der Waals surface area contributed by atoms with Gasteiger partial charge in [-0.15, -0.1) is 0 Å². The molecule has 4 aromatic rings. The van der Waals surface area contributed by atoms with Crippen molar-refractivity contribution in [2.75, 3.05) is 21.0 Å². The van der Waals surface area contributed by atoms with E-state index in [-0.39, 0.29) is 18.9 Å². The molecule has 0 fully saturated rings. The van der Waals surface area contributed by atoms with Crippen molar-refractivity contribution in [3.8, 4) is 28.7 Å². The average Bonchev–Trinajstić information content (AvgIpc) is 3.40. The van der Waals surface area contributed by atoms with Crippen molar-refractivity contribution in [2.45, 2.75) is 6.54 Å². The summed E-state index contributed by atoms with van der Waals surface area (Å²) in [6, 6.07) is 8.94. The van der Waals surface area contributed by atoms with Crippen molar-refractivity contribution < 1.29 is 18.9 Å². The number of rotatable bonds is 5. The van der Waals surface area contributed by atoms with Gasteiger partial charge in [0.25, 0.3) is 5.56 Å². The van der Waals surface area contributed by atoms with Gasteiger partial charge in [-0.05, 0) is 36.5 Å². The summed E-state index contributed by atoms with van der Waals surface area (Å²) < 4.78 is 25.0. The first kappa shape index (κ1) is 19.1. The third-order valence-corrected chi connectivity index (χ3v) is 5.28. The molecule has 0 radical (unpaired) electrons. The number of nitrogens with one attached hydrogen (secondary N) is 1. The fraction of sp³-hybridized carbons (Fsp3) is 0.200. The molecule has 1 aliphatic rings. The van der Waals surface area contributed by atoms with Crippen LogP contribution in [0.3, 0.4) is 0 Å². The van der Waals surface area contributed by atoms with Crippen LogP contribution in [-0.4, -0.2) is 45.6 Å². The number of aromatic nitrogens is 5. The van der Waals surface area contributed by atoms with E-state index in [1.165, 1.54) is 18.9 Å². The summed E-state index contributed by atoms with van der Waals surface area (Å²) in [6.07, 6.45) is 1.60. The van der Waals surface area contributed by atoms with Crippen LogP contribution >= 0.6 is 12.2 Å². The maximum atomic E-state index is 13.2. The summed E-state index contributed by atoms with van der Waals surface area (Å²) in [5.41, 5.74) is 0.394. The van der Waals surface area contributed by atoms with Gasteiger partial charge >= 0.3 is 0 Å². The van der Waals surface area contributed by atoms with Crippen molar-refractivity contribution in [1.29, 1.82) is 0 Å². The summed E-state index contributed by atoms with van der Waals surface area (Å²) in [4.78, 5) is 13.2. The molecule has 5 rings (SSSR count). The van der Waals surface area contributed by atoms with Gasteiger partial charge in [-0.25, -0.2) is 4.68 Å². The highest BCUT2D eigenvalue weighted by Crippen LogP contribution is 2.34. The van der Waals surface area contributed by atoms with E-state index in [1.807, 2.05) is 12.1 Å². The normalized spacial score (nSPS) is 12.3. The predicted molar refractivity (Wildman–Crippen MR) is 113 cm³/mol. The van der Waals surface area contributed by atoms with E-state index < -0.39 is 0 Å². The highest BCUT2D eigenvalue weighted by atomic mass is 32.1. The minimum atomic E-state index is -0.334. The van der Waals surface area contributed by atoms with Crippen LogP contribution in [0.2, 0.25) is 0 Å². The standard InChI is InChI=1S/C20H17N5O5S/c1-27-14-5-3-11-8-21-24(19(26)17(11)18(14)28-2)9-16-22-23-20(31)25(16)12-4-6-13-15(7-12)30-10-29-13/h3-8H,9-10H2,1-2H3,(H,23,31). The highest BCUT2D eigenvalue weighted by molar-refractivity contribution is 7.71. The molecule has 0 saturated heterocycles. The zero-order valence-electron chi connectivity index (χ0n) is 16.6. The third-order valence-electron chi connectivity index (χ3n) is 5.01. The molecule has 1 aliphatic heterocycles. The quantitative estimate of drug-likeness (QED) is 0.473. The molecule has 10 nitrogen and oxygen atoms in total. The zero-order valence-corrected chi connectivity index (χ0v) is 17.4. The van der Waals surface area contributed by atoms with Gasteiger partial charge < -0.3 is 18.9 Å². The first-order valence-corrected chi connectivity index (χ1v) is 9.68. The second-order valence-electron chi connectivity index (χ2n) is 6.69. The Morgan fingerprint density at radius 2 is 2.00 bits per heavy atom. The minimum absolute atomic E-state index is 0.0801. The van der Waals surface area contributed by atoms with Crippen LogP contribution < -0.4 is 24.5 Å². The van der Waals surface area contributed by atoms with E-state index >= 15 is 0 Å². The van der Waals surface area contributed by atoms with Gasteiger partial charge in [0.1, 0.15) is 6.54 Å². The number of aromatic amines is 1. The summed E-state index contributed by atoms with van der Waals surface area (Å²) >= 11 is 5.41. The van der Waals surface area contributed by atoms with Gasteiger partial charge in [-0.1, -0.05) is 0 Å². The maximum Gasteiger partial charge on any atom is 0.278 e. The monoisotopic (exact) mass is 439 g/mol. The molecule has 2 aromatic heterocycles. The van der Waals surface area contributed by atoms with E-state index in [0.29, 0.717) is 44.4 Å². The zero-order chi connectivity index (χ0) is 21.5. The molecule has 0 bridgehead atoms. The summed E-state index contributed by atoms with van der Waals surface area (Å²) in [5.74, 6) is 2.60. The van der Waals surface area contributed by atoms with Crippen molar-refractivity contribution >= 4 is 23.0 Å². The van der Waals surface area contributed by atoms with Crippen molar-refractivity contribution in [2.24, 2.45) is 0 Å². The molecular formula is C20H17N5O5S. The lowest BCUT2D eigenvalue weighted by Crippen LogP contribution is -2.25. The topological polar surface area (TPSA) is 105 Å². The lowest BCUT2D eigenvalue weighted by atomic mass is 10.1. The van der Waals surface area contributed by atoms with Gasteiger partial charge in [0.05, 0.1) is 31.5 Å². The van der Waals surface area contributed by atoms with Gasteiger partial charge in [-0.2, -0.15) is 10.2 Å². The Kier molecular flexibility index (Phi) is 4.59. The number of nitrogens with zero attached hydrogens (tertiary/aromatic N) is 4. The fourth-order valence-corrected chi connectivity index (χ4v) is 3.81. The van der Waals surface area contributed by atoms with Crippen LogP contribution in [0, 0.1) is 4.77 Å². The van der Waals surface area contributed by atoms with E-state index in [4.69, 9.17) is 31.2 Å². The molecule has 0 spiro atoms. The Hall–Kier alpha value is -3.86. The maximum absolute atomic E-state index is 13.2. The minimum Gasteiger partial charge on any atom is -0.493 e. The van der Waals surface area contributed by atoms with Crippen molar-refractivity contribution in [1.82, 2.24) is 24.5 Å². The molecule has 1 N–H and O–H groups in total. The Bertz CT molecular complexity index is 1420. The molecule has 0 aliphatic carbocycles. The molecule has 31 heavy (non-hydrogen) atoms. The molecule has 3 heterocycles. The van der Waals surface area contributed by atoms with E-state index in [2.05, 4.69) is 15.3 Å². The van der Waals surface area contributed by atoms with E-state index in [0.717, 1.165) is 5.69 Å². The molecule has 0 atom stereocenters. The Morgan fingerprint density at radius 1 is 1.16 bits per heavy atom. The van der Waals surface area contributed by atoms with Crippen LogP contribution in [0.1, 0.15) is 5.82 Å². The van der Waals surface area contributed by atoms with Gasteiger partial charge in [0.2, 0.25) is 6.79 Å². The molecule has 11 heteroatoms. The van der Waals surface area contributed by atoms with Gasteiger partial charge in [-0.3, -0.25) is 14.5 Å². The lowest BCUT2D eigenvalue weighted by Gasteiger charge is -2.12. The molecule has 158 valence electrons. The first-order chi connectivity index (χ1) is 15.1.